The van der Waals surface area contributed by atoms with E-state index in [1.165, 1.54) is 41.3 Å². The number of benzene rings is 2. The molecule has 2 aromatic carbocycles. The maximum Gasteiger partial charge on any atom is 0.239 e. The molecule has 1 fully saturated rings. The summed E-state index contributed by atoms with van der Waals surface area (Å²) in [5.41, 5.74) is 1.26. The normalized spacial score (nSPS) is 17.2. The predicted octanol–water partition coefficient (Wildman–Crippen LogP) is 3.26. The molecule has 2 amide bonds. The van der Waals surface area contributed by atoms with Crippen molar-refractivity contribution in [3.05, 3.63) is 59.7 Å². The lowest BCUT2D eigenvalue weighted by atomic mass is 10.1. The minimum Gasteiger partial charge on any atom is -0.323 e. The number of amides is 2. The van der Waals surface area contributed by atoms with E-state index >= 15 is 0 Å². The van der Waals surface area contributed by atoms with Crippen molar-refractivity contribution < 1.29 is 18.4 Å². The largest absolute Gasteiger partial charge is 0.323 e. The summed E-state index contributed by atoms with van der Waals surface area (Å²) < 4.78 is 26.8. The summed E-state index contributed by atoms with van der Waals surface area (Å²) in [5, 5.41) is 2.46. The van der Waals surface area contributed by atoms with Gasteiger partial charge in [0.2, 0.25) is 11.8 Å². The summed E-state index contributed by atoms with van der Waals surface area (Å²) in [6.07, 6.45) is 0.329. The highest BCUT2D eigenvalue weighted by Crippen LogP contribution is 2.29. The first-order valence-electron chi connectivity index (χ1n) is 7.60. The van der Waals surface area contributed by atoms with Gasteiger partial charge < -0.3 is 10.2 Å². The quantitative estimate of drug-likeness (QED) is 0.878. The van der Waals surface area contributed by atoms with E-state index in [4.69, 9.17) is 0 Å². The number of anilines is 2. The molecule has 1 heterocycles. The van der Waals surface area contributed by atoms with E-state index in [2.05, 4.69) is 5.32 Å². The Morgan fingerprint density at radius 2 is 1.96 bits per heavy atom. The van der Waals surface area contributed by atoms with Crippen LogP contribution < -0.4 is 10.2 Å². The average Bonchev–Trinajstić information content (AvgIpc) is 2.91. The zero-order valence-electron chi connectivity index (χ0n) is 13.1. The second-order valence-electron chi connectivity index (χ2n) is 5.73. The van der Waals surface area contributed by atoms with Crippen molar-refractivity contribution in [2.45, 2.75) is 13.3 Å². The topological polar surface area (TPSA) is 49.4 Å². The third-order valence-corrected chi connectivity index (χ3v) is 4.10. The van der Waals surface area contributed by atoms with Gasteiger partial charge in [0.25, 0.3) is 0 Å². The minimum atomic E-state index is -0.881. The molecule has 0 radical (unpaired) electrons. The van der Waals surface area contributed by atoms with Crippen LogP contribution in [0.15, 0.2) is 42.5 Å². The second kappa shape index (κ2) is 6.39. The maximum atomic E-state index is 13.6. The second-order valence-corrected chi connectivity index (χ2v) is 5.73. The lowest BCUT2D eigenvalue weighted by Crippen LogP contribution is -2.33. The first kappa shape index (κ1) is 16.1. The van der Waals surface area contributed by atoms with Gasteiger partial charge in [0.15, 0.2) is 0 Å². The monoisotopic (exact) mass is 330 g/mol. The Labute approximate surface area is 138 Å². The van der Waals surface area contributed by atoms with Gasteiger partial charge in [-0.05, 0) is 49.2 Å². The van der Waals surface area contributed by atoms with Crippen LogP contribution in [0.5, 0.6) is 0 Å². The molecule has 1 N–H and O–H groups in total. The Bertz CT molecular complexity index is 807. The fourth-order valence-corrected chi connectivity index (χ4v) is 2.87. The van der Waals surface area contributed by atoms with E-state index in [-0.39, 0.29) is 17.4 Å². The number of hydrogen-bond acceptors (Lipinski definition) is 2. The Balaban J connectivity index is 1.76. The molecule has 4 nitrogen and oxygen atoms in total. The van der Waals surface area contributed by atoms with Crippen LogP contribution in [0.3, 0.4) is 0 Å². The predicted molar refractivity (Wildman–Crippen MR) is 86.6 cm³/mol. The molecular formula is C18H16F2N2O2. The first-order valence-corrected chi connectivity index (χ1v) is 7.60. The lowest BCUT2D eigenvalue weighted by molar-refractivity contribution is -0.129. The van der Waals surface area contributed by atoms with E-state index in [1.54, 1.807) is 13.0 Å². The van der Waals surface area contributed by atoms with Crippen LogP contribution >= 0.6 is 0 Å². The summed E-state index contributed by atoms with van der Waals surface area (Å²) in [7, 11) is 0. The molecule has 1 saturated heterocycles. The average molecular weight is 330 g/mol. The Hall–Kier alpha value is -2.76. The van der Waals surface area contributed by atoms with Crippen LogP contribution in [0, 0.1) is 24.5 Å². The van der Waals surface area contributed by atoms with E-state index in [0.717, 1.165) is 0 Å². The van der Waals surface area contributed by atoms with Crippen LogP contribution in [0.2, 0.25) is 0 Å². The number of halogens is 2. The molecule has 0 aliphatic carbocycles. The summed E-state index contributed by atoms with van der Waals surface area (Å²) in [6.45, 7) is 2.07. The number of carbonyl (C=O) groups is 2. The van der Waals surface area contributed by atoms with Crippen molar-refractivity contribution in [1.29, 1.82) is 0 Å². The van der Waals surface area contributed by atoms with Crippen molar-refractivity contribution >= 4 is 23.2 Å². The van der Waals surface area contributed by atoms with Crippen LogP contribution in [-0.2, 0) is 9.59 Å². The molecule has 6 heteroatoms. The van der Waals surface area contributed by atoms with Gasteiger partial charge in [-0.2, -0.15) is 0 Å². The van der Waals surface area contributed by atoms with E-state index in [0.29, 0.717) is 24.2 Å². The van der Waals surface area contributed by atoms with Gasteiger partial charge >= 0.3 is 0 Å². The van der Waals surface area contributed by atoms with E-state index in [9.17, 15) is 18.4 Å². The fourth-order valence-electron chi connectivity index (χ4n) is 2.87. The Kier molecular flexibility index (Phi) is 4.29. The molecule has 1 unspecified atom stereocenters. The molecule has 0 spiro atoms. The van der Waals surface area contributed by atoms with Gasteiger partial charge in [-0.3, -0.25) is 9.59 Å². The van der Waals surface area contributed by atoms with Gasteiger partial charge in [0.05, 0.1) is 5.69 Å². The van der Waals surface area contributed by atoms with Gasteiger partial charge in [0, 0.05) is 12.2 Å². The minimum absolute atomic E-state index is 0.0479. The van der Waals surface area contributed by atoms with Crippen molar-refractivity contribution in [3.63, 3.8) is 0 Å². The third kappa shape index (κ3) is 2.99. The summed E-state index contributed by atoms with van der Waals surface area (Å²) in [6, 6.07) is 9.94. The molecule has 2 aromatic rings. The van der Waals surface area contributed by atoms with Crippen molar-refractivity contribution in [2.75, 3.05) is 16.8 Å². The zero-order chi connectivity index (χ0) is 17.3. The van der Waals surface area contributed by atoms with E-state index < -0.39 is 17.6 Å². The first-order chi connectivity index (χ1) is 11.5. The third-order valence-electron chi connectivity index (χ3n) is 4.10. The number of nitrogens with zero attached hydrogens (tertiary/aromatic N) is 1. The van der Waals surface area contributed by atoms with Crippen LogP contribution in [0.1, 0.15) is 12.0 Å². The smallest absolute Gasteiger partial charge is 0.239 e. The molecule has 3 rings (SSSR count). The van der Waals surface area contributed by atoms with Gasteiger partial charge in [0.1, 0.15) is 17.6 Å². The number of para-hydroxylation sites is 1. The number of aryl methyl sites for hydroxylation is 1. The SMILES string of the molecule is Cc1cc(F)ccc1N1CCC(C(=O)Nc2ccccc2F)C1=O. The number of nitrogens with one attached hydrogen (secondary N) is 1. The molecule has 1 aliphatic rings. The molecule has 0 bridgehead atoms. The summed E-state index contributed by atoms with van der Waals surface area (Å²) in [4.78, 5) is 26.3. The maximum absolute atomic E-state index is 13.6. The Morgan fingerprint density at radius 3 is 2.67 bits per heavy atom. The lowest BCUT2D eigenvalue weighted by Gasteiger charge is -2.19. The van der Waals surface area contributed by atoms with Gasteiger partial charge in [-0.15, -0.1) is 0 Å². The fraction of sp³-hybridized carbons (Fsp3) is 0.222. The number of rotatable bonds is 3. The van der Waals surface area contributed by atoms with Crippen molar-refractivity contribution in [2.24, 2.45) is 5.92 Å². The van der Waals surface area contributed by atoms with Crippen LogP contribution in [0.4, 0.5) is 20.2 Å². The molecule has 0 aromatic heterocycles. The molecule has 1 aliphatic heterocycles. The Morgan fingerprint density at radius 1 is 1.21 bits per heavy atom. The van der Waals surface area contributed by atoms with Gasteiger partial charge in [-0.25, -0.2) is 8.78 Å². The highest BCUT2D eigenvalue weighted by molar-refractivity contribution is 6.13. The number of carbonyl (C=O) groups excluding carboxylic acids is 2. The van der Waals surface area contributed by atoms with Crippen molar-refractivity contribution in [3.8, 4) is 0 Å². The highest BCUT2D eigenvalue weighted by atomic mass is 19.1. The van der Waals surface area contributed by atoms with Crippen LogP contribution in [-0.4, -0.2) is 18.4 Å². The van der Waals surface area contributed by atoms with E-state index in [1.807, 2.05) is 0 Å². The van der Waals surface area contributed by atoms with Gasteiger partial charge in [-0.1, -0.05) is 12.1 Å². The molecule has 124 valence electrons. The summed E-state index contributed by atoms with van der Waals surface area (Å²) in [5.74, 6) is -2.71. The van der Waals surface area contributed by atoms with Crippen LogP contribution in [0.25, 0.3) is 0 Å². The highest BCUT2D eigenvalue weighted by Gasteiger charge is 2.38. The number of hydrogen-bond donors (Lipinski definition) is 1. The molecular weight excluding hydrogens is 314 g/mol. The zero-order valence-corrected chi connectivity index (χ0v) is 13.1. The molecule has 0 saturated carbocycles. The van der Waals surface area contributed by atoms with Crippen molar-refractivity contribution in [1.82, 2.24) is 0 Å². The molecule has 24 heavy (non-hydrogen) atoms. The summed E-state index contributed by atoms with van der Waals surface area (Å²) >= 11 is 0. The standard InChI is InChI=1S/C18H16F2N2O2/c1-11-10-12(19)6-7-16(11)22-9-8-13(18(22)24)17(23)21-15-5-3-2-4-14(15)20/h2-7,10,13H,8-9H2,1H3,(H,21,23). The molecule has 1 atom stereocenters.